The van der Waals surface area contributed by atoms with Crippen LogP contribution in [-0.2, 0) is 9.47 Å². The molecule has 3 unspecified atom stereocenters. The molecule has 0 spiro atoms. The minimum atomic E-state index is -3.98. The van der Waals surface area contributed by atoms with Gasteiger partial charge in [0.15, 0.2) is 0 Å². The highest BCUT2D eigenvalue weighted by molar-refractivity contribution is 6.56. The summed E-state index contributed by atoms with van der Waals surface area (Å²) >= 11 is 0. The molecule has 0 bridgehead atoms. The number of hydrogen-bond acceptors (Lipinski definition) is 9. The van der Waals surface area contributed by atoms with Gasteiger partial charge < -0.3 is 44.7 Å². The molecule has 0 aliphatic heterocycles. The fraction of sp³-hybridized carbons (Fsp3) is 1.00. The zero-order chi connectivity index (χ0) is 22.0. The Kier molecular flexibility index (Phi) is 18.5. The van der Waals surface area contributed by atoms with Crippen LogP contribution < -0.4 is 10.6 Å². The number of unbranched alkanes of at least 4 members (excludes halogenated alkanes) is 1. The average Bonchev–Trinajstić information content (AvgIpc) is 2.66. The molecule has 0 aromatic rings. The van der Waals surface area contributed by atoms with E-state index in [1.54, 1.807) is 0 Å². The van der Waals surface area contributed by atoms with Gasteiger partial charge >= 0.3 is 8.80 Å². The summed E-state index contributed by atoms with van der Waals surface area (Å²) in [6, 6.07) is -0.0675. The van der Waals surface area contributed by atoms with Crippen molar-refractivity contribution in [3.05, 3.63) is 0 Å². The van der Waals surface area contributed by atoms with Crippen molar-refractivity contribution in [3.63, 3.8) is 0 Å². The molecule has 0 aromatic heterocycles. The third-order valence-electron chi connectivity index (χ3n) is 4.56. The van der Waals surface area contributed by atoms with Crippen molar-refractivity contribution in [3.8, 4) is 0 Å². The van der Waals surface area contributed by atoms with Crippen LogP contribution >= 0.6 is 0 Å². The van der Waals surface area contributed by atoms with Gasteiger partial charge in [0.1, 0.15) is 0 Å². The monoisotopic (exact) mass is 440 g/mol. The molecule has 0 radical (unpaired) electrons. The Hall–Kier alpha value is -0.143. The van der Waals surface area contributed by atoms with Gasteiger partial charge in [0.25, 0.3) is 0 Å². The van der Waals surface area contributed by atoms with Crippen LogP contribution in [0.25, 0.3) is 0 Å². The van der Waals surface area contributed by atoms with Gasteiger partial charge in [-0.2, -0.15) is 0 Å². The van der Waals surface area contributed by atoms with E-state index in [0.717, 1.165) is 6.42 Å². The molecule has 0 aliphatic carbocycles. The molecule has 0 saturated carbocycles. The number of rotatable bonds is 21. The summed E-state index contributed by atoms with van der Waals surface area (Å²) in [5, 5.41) is 25.9. The molecule has 9 nitrogen and oxygen atoms in total. The van der Waals surface area contributed by atoms with Crippen LogP contribution in [0.4, 0.5) is 0 Å². The molecule has 0 saturated heterocycles. The molecule has 0 amide bonds. The molecule has 7 N–H and O–H groups in total. The molecule has 0 rings (SSSR count). The van der Waals surface area contributed by atoms with Gasteiger partial charge in [-0.25, -0.2) is 0 Å². The lowest BCUT2D eigenvalue weighted by atomic mass is 10.0. The fourth-order valence-electron chi connectivity index (χ4n) is 2.73. The highest BCUT2D eigenvalue weighted by atomic mass is 28.4. The van der Waals surface area contributed by atoms with Crippen LogP contribution in [0, 0.1) is 5.92 Å². The molecular weight excluding hydrogens is 396 g/mol. The smallest absolute Gasteiger partial charge is 0.390 e. The van der Waals surface area contributed by atoms with E-state index in [0.29, 0.717) is 51.7 Å². The summed E-state index contributed by atoms with van der Waals surface area (Å²) in [6.45, 7) is 7.95. The van der Waals surface area contributed by atoms with Crippen molar-refractivity contribution in [1.29, 1.82) is 0 Å². The molecule has 0 aliphatic rings. The van der Waals surface area contributed by atoms with Crippen LogP contribution in [-0.4, -0.2) is 98.2 Å². The second-order valence-electron chi connectivity index (χ2n) is 7.62. The van der Waals surface area contributed by atoms with Gasteiger partial charge in [0.2, 0.25) is 0 Å². The van der Waals surface area contributed by atoms with Crippen molar-refractivity contribution < 1.29 is 34.1 Å². The molecule has 3 atom stereocenters. The maximum absolute atomic E-state index is 9.94. The predicted molar refractivity (Wildman–Crippen MR) is 115 cm³/mol. The first-order valence-electron chi connectivity index (χ1n) is 10.9. The first-order valence-corrected chi connectivity index (χ1v) is 12.9. The van der Waals surface area contributed by atoms with Gasteiger partial charge in [-0.05, 0) is 18.8 Å². The minimum absolute atomic E-state index is 0.0675. The first kappa shape index (κ1) is 28.9. The molecule has 176 valence electrons. The van der Waals surface area contributed by atoms with E-state index in [-0.39, 0.29) is 19.3 Å². The molecule has 29 heavy (non-hydrogen) atoms. The third kappa shape index (κ3) is 20.9. The predicted octanol–water partition coefficient (Wildman–Crippen LogP) is -0.557. The largest absolute Gasteiger partial charge is 0.492 e. The normalized spacial score (nSPS) is 15.4. The van der Waals surface area contributed by atoms with E-state index < -0.39 is 21.0 Å². The molecule has 10 heteroatoms. The highest BCUT2D eigenvalue weighted by Gasteiger charge is 2.25. The SMILES string of the molecule is CCCCC(CC)COCC(O)CNCCNCC(O)COCCC[Si](O)(O)O. The summed E-state index contributed by atoms with van der Waals surface area (Å²) < 4.78 is 10.9. The Balaban J connectivity index is 3.47. The fourth-order valence-corrected chi connectivity index (χ4v) is 3.35. The molecule has 0 heterocycles. The average molecular weight is 441 g/mol. The first-order chi connectivity index (χ1) is 13.8. The maximum atomic E-state index is 9.94. The Morgan fingerprint density at radius 1 is 0.828 bits per heavy atom. The molecular formula is C19H44N2O7Si. The van der Waals surface area contributed by atoms with Crippen LogP contribution in [0.3, 0.4) is 0 Å². The number of nitrogens with one attached hydrogen (secondary N) is 2. The number of aliphatic hydroxyl groups is 2. The van der Waals surface area contributed by atoms with Gasteiger partial charge in [0.05, 0.1) is 25.4 Å². The lowest BCUT2D eigenvalue weighted by molar-refractivity contribution is 0.0193. The Bertz CT molecular complexity index is 362. The maximum Gasteiger partial charge on any atom is 0.492 e. The Morgan fingerprint density at radius 3 is 1.93 bits per heavy atom. The van der Waals surface area contributed by atoms with E-state index in [4.69, 9.17) is 23.9 Å². The lowest BCUT2D eigenvalue weighted by Crippen LogP contribution is -2.38. The zero-order valence-electron chi connectivity index (χ0n) is 18.2. The Morgan fingerprint density at radius 2 is 1.41 bits per heavy atom. The summed E-state index contributed by atoms with van der Waals surface area (Å²) in [5.41, 5.74) is 0. The number of aliphatic hydroxyl groups excluding tert-OH is 2. The van der Waals surface area contributed by atoms with Crippen molar-refractivity contribution in [2.24, 2.45) is 5.92 Å². The van der Waals surface area contributed by atoms with Crippen molar-refractivity contribution in [2.45, 2.75) is 64.2 Å². The quantitative estimate of drug-likeness (QED) is 0.0923. The highest BCUT2D eigenvalue weighted by Crippen LogP contribution is 2.12. The zero-order valence-corrected chi connectivity index (χ0v) is 19.2. The second-order valence-corrected chi connectivity index (χ2v) is 9.67. The van der Waals surface area contributed by atoms with Crippen LogP contribution in [0.15, 0.2) is 0 Å². The van der Waals surface area contributed by atoms with Crippen molar-refractivity contribution in [2.75, 3.05) is 52.6 Å². The van der Waals surface area contributed by atoms with Crippen molar-refractivity contribution >= 4 is 8.80 Å². The number of hydrogen-bond donors (Lipinski definition) is 7. The summed E-state index contributed by atoms with van der Waals surface area (Å²) in [4.78, 5) is 26.6. The van der Waals surface area contributed by atoms with E-state index in [2.05, 4.69) is 24.5 Å². The van der Waals surface area contributed by atoms with Crippen LogP contribution in [0.1, 0.15) is 46.0 Å². The van der Waals surface area contributed by atoms with E-state index in [1.807, 2.05) is 0 Å². The van der Waals surface area contributed by atoms with Gasteiger partial charge in [-0.3, -0.25) is 0 Å². The van der Waals surface area contributed by atoms with Crippen LogP contribution in [0.2, 0.25) is 6.04 Å². The second kappa shape index (κ2) is 18.6. The van der Waals surface area contributed by atoms with Crippen molar-refractivity contribution in [1.82, 2.24) is 10.6 Å². The number of ether oxygens (including phenoxy) is 2. The summed E-state index contributed by atoms with van der Waals surface area (Å²) in [6.07, 6.45) is 3.85. The van der Waals surface area contributed by atoms with E-state index in [1.165, 1.54) is 19.3 Å². The third-order valence-corrected chi connectivity index (χ3v) is 5.58. The molecule has 0 fully saturated rings. The lowest BCUT2D eigenvalue weighted by Gasteiger charge is -2.17. The minimum Gasteiger partial charge on any atom is -0.390 e. The van der Waals surface area contributed by atoms with Gasteiger partial charge in [-0.15, -0.1) is 0 Å². The Labute approximate surface area is 176 Å². The summed E-state index contributed by atoms with van der Waals surface area (Å²) in [7, 11) is -3.98. The van der Waals surface area contributed by atoms with E-state index in [9.17, 15) is 10.2 Å². The van der Waals surface area contributed by atoms with E-state index >= 15 is 0 Å². The molecule has 0 aromatic carbocycles. The van der Waals surface area contributed by atoms with Crippen LogP contribution in [0.5, 0.6) is 0 Å². The summed E-state index contributed by atoms with van der Waals surface area (Å²) in [5.74, 6) is 0.573. The van der Waals surface area contributed by atoms with Gasteiger partial charge in [-0.1, -0.05) is 33.1 Å². The standard InChI is InChI=1S/C19H44N2O7Si/c1-3-5-7-17(4-2)14-28-16-19(23)13-21-9-8-20-12-18(22)15-27-10-6-11-29(24,25)26/h17-26H,3-16H2,1-2H3. The van der Waals surface area contributed by atoms with Gasteiger partial charge in [0, 0.05) is 45.4 Å². The topological polar surface area (TPSA) is 144 Å².